The summed E-state index contributed by atoms with van der Waals surface area (Å²) >= 11 is 0. The van der Waals surface area contributed by atoms with Crippen molar-refractivity contribution in [3.63, 3.8) is 0 Å². The Bertz CT molecular complexity index is 932. The Labute approximate surface area is 153 Å². The van der Waals surface area contributed by atoms with Gasteiger partial charge in [0.25, 0.3) is 0 Å². The molecule has 3 aromatic rings. The second-order valence-corrected chi connectivity index (χ2v) is 6.58. The first-order valence-corrected chi connectivity index (χ1v) is 8.86. The minimum atomic E-state index is 0.246. The van der Waals surface area contributed by atoms with Gasteiger partial charge in [-0.3, -0.25) is 0 Å². The molecule has 0 saturated heterocycles. The third-order valence-corrected chi connectivity index (χ3v) is 5.15. The van der Waals surface area contributed by atoms with Gasteiger partial charge in [0.05, 0.1) is 27.4 Å². The monoisotopic (exact) mass is 352 g/mol. The minimum absolute atomic E-state index is 0.246. The molecule has 0 spiro atoms. The Hall–Kier alpha value is -2.66. The molecular weight excluding hydrogens is 328 g/mol. The Balaban J connectivity index is 1.68. The van der Waals surface area contributed by atoms with Crippen LogP contribution >= 0.6 is 0 Å². The Morgan fingerprint density at radius 3 is 2.58 bits per heavy atom. The molecule has 0 amide bonds. The molecule has 2 aromatic carbocycles. The highest BCUT2D eigenvalue weighted by Crippen LogP contribution is 2.35. The van der Waals surface area contributed by atoms with Gasteiger partial charge in [-0.2, -0.15) is 0 Å². The molecule has 0 radical (unpaired) electrons. The summed E-state index contributed by atoms with van der Waals surface area (Å²) in [7, 11) is 5.04. The molecule has 1 aliphatic heterocycles. The molecule has 1 aromatic heterocycles. The smallest absolute Gasteiger partial charge is 0.160 e. The molecular formula is C21H24N2O3. The summed E-state index contributed by atoms with van der Waals surface area (Å²) in [4.78, 5) is 3.61. The lowest BCUT2D eigenvalue weighted by Gasteiger charge is -2.25. The van der Waals surface area contributed by atoms with E-state index in [2.05, 4.69) is 34.6 Å². The van der Waals surface area contributed by atoms with Crippen LogP contribution < -0.4 is 19.5 Å². The van der Waals surface area contributed by atoms with Crippen LogP contribution in [0.25, 0.3) is 10.9 Å². The van der Waals surface area contributed by atoms with Crippen LogP contribution in [0.5, 0.6) is 17.2 Å². The fourth-order valence-corrected chi connectivity index (χ4v) is 3.83. The number of fused-ring (bicyclic) bond motifs is 3. The van der Waals surface area contributed by atoms with Crippen molar-refractivity contribution in [1.82, 2.24) is 10.3 Å². The fraction of sp³-hybridized carbons (Fsp3) is 0.333. The molecule has 1 aliphatic rings. The number of methoxy groups -OCH3 is 3. The van der Waals surface area contributed by atoms with Gasteiger partial charge in [0.1, 0.15) is 5.75 Å². The van der Waals surface area contributed by atoms with Crippen molar-refractivity contribution in [3.8, 4) is 17.2 Å². The Morgan fingerprint density at radius 2 is 1.81 bits per heavy atom. The van der Waals surface area contributed by atoms with E-state index < -0.39 is 0 Å². The first kappa shape index (κ1) is 16.8. The van der Waals surface area contributed by atoms with Gasteiger partial charge in [0.15, 0.2) is 11.5 Å². The molecule has 2 heterocycles. The van der Waals surface area contributed by atoms with Crippen LogP contribution in [-0.2, 0) is 12.8 Å². The minimum Gasteiger partial charge on any atom is -0.497 e. The quantitative estimate of drug-likeness (QED) is 0.736. The van der Waals surface area contributed by atoms with Gasteiger partial charge in [-0.15, -0.1) is 0 Å². The molecule has 1 atom stereocenters. The number of benzene rings is 2. The average Bonchev–Trinajstić information content (AvgIpc) is 3.06. The predicted octanol–water partition coefficient (Wildman–Crippen LogP) is 3.62. The maximum atomic E-state index is 5.44. The second-order valence-electron chi connectivity index (χ2n) is 6.58. The zero-order valence-corrected chi connectivity index (χ0v) is 15.4. The van der Waals surface area contributed by atoms with E-state index in [-0.39, 0.29) is 6.04 Å². The molecule has 4 rings (SSSR count). The highest BCUT2D eigenvalue weighted by Gasteiger charge is 2.24. The lowest BCUT2D eigenvalue weighted by Crippen LogP contribution is -2.31. The van der Waals surface area contributed by atoms with Crippen molar-refractivity contribution in [2.24, 2.45) is 0 Å². The number of hydrogen-bond donors (Lipinski definition) is 2. The maximum Gasteiger partial charge on any atom is 0.160 e. The SMILES string of the molecule is COc1ccc2[nH]c3c(c2c1)CCN[C@@H]3Cc1ccc(OC)c(OC)c1. The fourth-order valence-electron chi connectivity index (χ4n) is 3.83. The lowest BCUT2D eigenvalue weighted by atomic mass is 9.94. The lowest BCUT2D eigenvalue weighted by molar-refractivity contribution is 0.354. The molecule has 26 heavy (non-hydrogen) atoms. The van der Waals surface area contributed by atoms with E-state index in [0.717, 1.165) is 42.2 Å². The number of aromatic nitrogens is 1. The number of aromatic amines is 1. The van der Waals surface area contributed by atoms with Crippen molar-refractivity contribution in [2.75, 3.05) is 27.9 Å². The first-order chi connectivity index (χ1) is 12.7. The zero-order valence-electron chi connectivity index (χ0n) is 15.4. The molecule has 0 unspecified atom stereocenters. The zero-order chi connectivity index (χ0) is 18.1. The van der Waals surface area contributed by atoms with Gasteiger partial charge in [-0.25, -0.2) is 0 Å². The van der Waals surface area contributed by atoms with Gasteiger partial charge < -0.3 is 24.5 Å². The summed E-state index contributed by atoms with van der Waals surface area (Å²) in [6.45, 7) is 0.967. The van der Waals surface area contributed by atoms with Gasteiger partial charge in [0, 0.05) is 16.6 Å². The molecule has 0 fully saturated rings. The standard InChI is InChI=1S/C21H24N2O3/c1-24-14-5-6-17-16(12-14)15-8-9-22-18(21(15)23-17)10-13-4-7-19(25-2)20(11-13)26-3/h4-7,11-12,18,22-23H,8-10H2,1-3H3/t18-/m1/s1. The van der Waals surface area contributed by atoms with Gasteiger partial charge in [0.2, 0.25) is 0 Å². The normalized spacial score (nSPS) is 16.3. The topological polar surface area (TPSA) is 55.5 Å². The van der Waals surface area contributed by atoms with Crippen LogP contribution in [0, 0.1) is 0 Å². The number of rotatable bonds is 5. The number of H-pyrrole nitrogens is 1. The molecule has 0 bridgehead atoms. The van der Waals surface area contributed by atoms with Crippen LogP contribution in [0.3, 0.4) is 0 Å². The summed E-state index contributed by atoms with van der Waals surface area (Å²) in [5, 5.41) is 4.91. The van der Waals surface area contributed by atoms with E-state index in [9.17, 15) is 0 Å². The van der Waals surface area contributed by atoms with E-state index in [0.29, 0.717) is 0 Å². The molecule has 136 valence electrons. The molecule has 5 nitrogen and oxygen atoms in total. The highest BCUT2D eigenvalue weighted by atomic mass is 16.5. The number of nitrogens with one attached hydrogen (secondary N) is 2. The molecule has 2 N–H and O–H groups in total. The Kier molecular flexibility index (Phi) is 4.47. The first-order valence-electron chi connectivity index (χ1n) is 8.86. The third-order valence-electron chi connectivity index (χ3n) is 5.15. The molecule has 5 heteroatoms. The van der Waals surface area contributed by atoms with Crippen LogP contribution in [0.2, 0.25) is 0 Å². The van der Waals surface area contributed by atoms with Crippen LogP contribution in [-0.4, -0.2) is 32.9 Å². The van der Waals surface area contributed by atoms with Gasteiger partial charge in [-0.05, 0) is 60.8 Å². The number of ether oxygens (including phenoxy) is 3. The van der Waals surface area contributed by atoms with Crippen molar-refractivity contribution in [1.29, 1.82) is 0 Å². The van der Waals surface area contributed by atoms with E-state index in [1.54, 1.807) is 21.3 Å². The maximum absolute atomic E-state index is 5.44. The second kappa shape index (κ2) is 6.92. The van der Waals surface area contributed by atoms with Crippen LogP contribution in [0.4, 0.5) is 0 Å². The van der Waals surface area contributed by atoms with E-state index in [1.807, 2.05) is 12.1 Å². The van der Waals surface area contributed by atoms with Gasteiger partial charge in [-0.1, -0.05) is 6.07 Å². The van der Waals surface area contributed by atoms with E-state index in [4.69, 9.17) is 14.2 Å². The third kappa shape index (κ3) is 2.88. The van der Waals surface area contributed by atoms with E-state index >= 15 is 0 Å². The summed E-state index contributed by atoms with van der Waals surface area (Å²) in [5.74, 6) is 2.42. The molecule has 0 aliphatic carbocycles. The van der Waals surface area contributed by atoms with E-state index in [1.165, 1.54) is 22.2 Å². The van der Waals surface area contributed by atoms with Crippen LogP contribution in [0.15, 0.2) is 36.4 Å². The van der Waals surface area contributed by atoms with Crippen molar-refractivity contribution < 1.29 is 14.2 Å². The van der Waals surface area contributed by atoms with Gasteiger partial charge >= 0.3 is 0 Å². The predicted molar refractivity (Wildman–Crippen MR) is 103 cm³/mol. The summed E-state index contributed by atoms with van der Waals surface area (Å²) in [5.41, 5.74) is 5.04. The highest BCUT2D eigenvalue weighted by molar-refractivity contribution is 5.86. The summed E-state index contributed by atoms with van der Waals surface area (Å²) in [6, 6.07) is 12.6. The number of hydrogen-bond acceptors (Lipinski definition) is 4. The summed E-state index contributed by atoms with van der Waals surface area (Å²) in [6.07, 6.45) is 1.91. The van der Waals surface area contributed by atoms with Crippen molar-refractivity contribution >= 4 is 10.9 Å². The van der Waals surface area contributed by atoms with Crippen LogP contribution in [0.1, 0.15) is 22.9 Å². The Morgan fingerprint density at radius 1 is 0.962 bits per heavy atom. The summed E-state index contributed by atoms with van der Waals surface area (Å²) < 4.78 is 16.2. The average molecular weight is 352 g/mol. The molecule has 0 saturated carbocycles. The largest absolute Gasteiger partial charge is 0.497 e. The van der Waals surface area contributed by atoms with Crippen molar-refractivity contribution in [2.45, 2.75) is 18.9 Å². The van der Waals surface area contributed by atoms with Crippen molar-refractivity contribution in [3.05, 3.63) is 53.2 Å².